The molecule has 2 rings (SSSR count). The summed E-state index contributed by atoms with van der Waals surface area (Å²) in [5.74, 6) is 0. The third kappa shape index (κ3) is 3.95. The monoisotopic (exact) mass is 331 g/mol. The number of halogens is 2. The average molecular weight is 333 g/mol. The second kappa shape index (κ2) is 6.90. The van der Waals surface area contributed by atoms with Gasteiger partial charge in [-0.1, -0.05) is 17.7 Å². The van der Waals surface area contributed by atoms with Crippen LogP contribution in [0.5, 0.6) is 0 Å². The van der Waals surface area contributed by atoms with Crippen LogP contribution < -0.4 is 5.73 Å². The molecular formula is C14H19BrClNO. The van der Waals surface area contributed by atoms with Gasteiger partial charge in [0.2, 0.25) is 0 Å². The fraction of sp³-hybridized carbons (Fsp3) is 0.571. The van der Waals surface area contributed by atoms with Gasteiger partial charge < -0.3 is 10.5 Å². The van der Waals surface area contributed by atoms with Crippen molar-refractivity contribution in [2.24, 2.45) is 5.73 Å². The summed E-state index contributed by atoms with van der Waals surface area (Å²) < 4.78 is 6.52. The number of nitrogens with two attached hydrogens (primary N) is 1. The van der Waals surface area contributed by atoms with Gasteiger partial charge in [-0.3, -0.25) is 0 Å². The van der Waals surface area contributed by atoms with Gasteiger partial charge in [0.15, 0.2) is 0 Å². The lowest BCUT2D eigenvalue weighted by molar-refractivity contribution is 0.101. The summed E-state index contributed by atoms with van der Waals surface area (Å²) in [7, 11) is 0. The zero-order valence-electron chi connectivity index (χ0n) is 10.4. The van der Waals surface area contributed by atoms with E-state index in [4.69, 9.17) is 22.1 Å². The van der Waals surface area contributed by atoms with Crippen molar-refractivity contribution in [2.45, 2.75) is 44.2 Å². The normalized spacial score (nSPS) is 21.2. The molecule has 0 radical (unpaired) electrons. The Morgan fingerprint density at radius 2 is 2.33 bits per heavy atom. The van der Waals surface area contributed by atoms with Gasteiger partial charge in [-0.2, -0.15) is 0 Å². The summed E-state index contributed by atoms with van der Waals surface area (Å²) >= 11 is 9.40. The molecule has 0 aromatic heterocycles. The van der Waals surface area contributed by atoms with Gasteiger partial charge in [0.05, 0.1) is 11.1 Å². The topological polar surface area (TPSA) is 35.2 Å². The molecule has 0 spiro atoms. The van der Waals surface area contributed by atoms with E-state index in [1.165, 1.54) is 12.8 Å². The van der Waals surface area contributed by atoms with Crippen LogP contribution in [0.3, 0.4) is 0 Å². The van der Waals surface area contributed by atoms with Crippen LogP contribution in [0.2, 0.25) is 5.02 Å². The van der Waals surface area contributed by atoms with Gasteiger partial charge in [0, 0.05) is 17.1 Å². The zero-order chi connectivity index (χ0) is 13.0. The molecule has 2 N–H and O–H groups in total. The summed E-state index contributed by atoms with van der Waals surface area (Å²) in [5.41, 5.74) is 7.33. The van der Waals surface area contributed by atoms with E-state index in [0.717, 1.165) is 40.9 Å². The molecule has 0 aliphatic carbocycles. The Morgan fingerprint density at radius 1 is 1.50 bits per heavy atom. The molecular weight excluding hydrogens is 314 g/mol. The van der Waals surface area contributed by atoms with E-state index in [2.05, 4.69) is 15.9 Å². The minimum Gasteiger partial charge on any atom is -0.378 e. The van der Waals surface area contributed by atoms with Crippen molar-refractivity contribution in [2.75, 3.05) is 6.61 Å². The van der Waals surface area contributed by atoms with Gasteiger partial charge in [0.1, 0.15) is 0 Å². The first-order valence-corrected chi connectivity index (χ1v) is 7.66. The van der Waals surface area contributed by atoms with Crippen LogP contribution >= 0.6 is 27.5 Å². The minimum absolute atomic E-state index is 0.0833. The molecule has 1 aromatic rings. The predicted molar refractivity (Wildman–Crippen MR) is 78.9 cm³/mol. The average Bonchev–Trinajstić information content (AvgIpc) is 2.85. The number of rotatable bonds is 5. The highest BCUT2D eigenvalue weighted by Gasteiger charge is 2.15. The lowest BCUT2D eigenvalue weighted by atomic mass is 10.00. The van der Waals surface area contributed by atoms with Crippen molar-refractivity contribution in [3.63, 3.8) is 0 Å². The second-order valence-corrected chi connectivity index (χ2v) is 6.11. The van der Waals surface area contributed by atoms with Crippen molar-refractivity contribution < 1.29 is 4.74 Å². The van der Waals surface area contributed by atoms with Crippen LogP contribution in [0.4, 0.5) is 0 Å². The molecule has 1 aliphatic rings. The molecule has 1 aromatic carbocycles. The summed E-state index contributed by atoms with van der Waals surface area (Å²) in [6, 6.07) is 5.99. The Labute approximate surface area is 122 Å². The highest BCUT2D eigenvalue weighted by atomic mass is 79.9. The Bertz CT molecular complexity index is 393. The SMILES string of the molecule is NC(CCCC1CCCO1)c1ccc(Cl)c(Br)c1. The van der Waals surface area contributed by atoms with Crippen molar-refractivity contribution in [1.29, 1.82) is 0 Å². The first-order valence-electron chi connectivity index (χ1n) is 6.49. The standard InChI is InChI=1S/C14H19BrClNO/c15-12-9-10(6-7-13(12)16)14(17)5-1-3-11-4-2-8-18-11/h6-7,9,11,14H,1-5,8,17H2. The maximum atomic E-state index is 6.19. The quantitative estimate of drug-likeness (QED) is 0.864. The number of hydrogen-bond donors (Lipinski definition) is 1. The first-order chi connectivity index (χ1) is 8.66. The van der Waals surface area contributed by atoms with E-state index in [1.54, 1.807) is 0 Å². The first kappa shape index (κ1) is 14.3. The van der Waals surface area contributed by atoms with E-state index in [-0.39, 0.29) is 6.04 Å². The summed E-state index contributed by atoms with van der Waals surface area (Å²) in [5, 5.41) is 0.727. The van der Waals surface area contributed by atoms with Crippen molar-refractivity contribution in [1.82, 2.24) is 0 Å². The van der Waals surface area contributed by atoms with Gasteiger partial charge in [-0.15, -0.1) is 0 Å². The van der Waals surface area contributed by atoms with Crippen LogP contribution in [0.15, 0.2) is 22.7 Å². The van der Waals surface area contributed by atoms with Crippen LogP contribution in [0, 0.1) is 0 Å². The van der Waals surface area contributed by atoms with Crippen LogP contribution in [0.1, 0.15) is 43.7 Å². The number of hydrogen-bond acceptors (Lipinski definition) is 2. The molecule has 0 amide bonds. The van der Waals surface area contributed by atoms with E-state index in [1.807, 2.05) is 18.2 Å². The van der Waals surface area contributed by atoms with E-state index in [9.17, 15) is 0 Å². The molecule has 1 heterocycles. The maximum Gasteiger partial charge on any atom is 0.0576 e. The smallest absolute Gasteiger partial charge is 0.0576 e. The molecule has 1 saturated heterocycles. The number of benzene rings is 1. The third-order valence-electron chi connectivity index (χ3n) is 3.44. The molecule has 1 aliphatic heterocycles. The summed E-state index contributed by atoms with van der Waals surface area (Å²) in [6.07, 6.45) is 6.12. The minimum atomic E-state index is 0.0833. The van der Waals surface area contributed by atoms with Gasteiger partial charge >= 0.3 is 0 Å². The van der Waals surface area contributed by atoms with Gasteiger partial charge in [-0.05, 0) is 65.7 Å². The molecule has 0 saturated carbocycles. The highest BCUT2D eigenvalue weighted by Crippen LogP contribution is 2.27. The fourth-order valence-electron chi connectivity index (χ4n) is 2.35. The van der Waals surface area contributed by atoms with E-state index in [0.29, 0.717) is 6.10 Å². The van der Waals surface area contributed by atoms with Crippen molar-refractivity contribution >= 4 is 27.5 Å². The molecule has 0 bridgehead atoms. The molecule has 1 fully saturated rings. The second-order valence-electron chi connectivity index (χ2n) is 4.85. The maximum absolute atomic E-state index is 6.19. The fourth-order valence-corrected chi connectivity index (χ4v) is 2.86. The summed E-state index contributed by atoms with van der Waals surface area (Å²) in [6.45, 7) is 0.931. The number of ether oxygens (including phenoxy) is 1. The van der Waals surface area contributed by atoms with Gasteiger partial charge in [0.25, 0.3) is 0 Å². The molecule has 2 unspecified atom stereocenters. The predicted octanol–water partition coefficient (Wildman–Crippen LogP) is 4.45. The third-order valence-corrected chi connectivity index (χ3v) is 4.65. The molecule has 4 heteroatoms. The van der Waals surface area contributed by atoms with Crippen LogP contribution in [0.25, 0.3) is 0 Å². The van der Waals surface area contributed by atoms with Crippen molar-refractivity contribution in [3.8, 4) is 0 Å². The Morgan fingerprint density at radius 3 is 3.00 bits per heavy atom. The largest absolute Gasteiger partial charge is 0.378 e. The van der Waals surface area contributed by atoms with E-state index < -0.39 is 0 Å². The van der Waals surface area contributed by atoms with Crippen molar-refractivity contribution in [3.05, 3.63) is 33.3 Å². The van der Waals surface area contributed by atoms with Crippen LogP contribution in [-0.4, -0.2) is 12.7 Å². The lowest BCUT2D eigenvalue weighted by Gasteiger charge is -2.14. The van der Waals surface area contributed by atoms with E-state index >= 15 is 0 Å². The van der Waals surface area contributed by atoms with Crippen LogP contribution in [-0.2, 0) is 4.74 Å². The zero-order valence-corrected chi connectivity index (χ0v) is 12.7. The Kier molecular flexibility index (Phi) is 5.49. The molecule has 2 atom stereocenters. The molecule has 100 valence electrons. The Balaban J connectivity index is 1.79. The molecule has 2 nitrogen and oxygen atoms in total. The molecule has 18 heavy (non-hydrogen) atoms. The Hall–Kier alpha value is -0.0900. The summed E-state index contributed by atoms with van der Waals surface area (Å²) in [4.78, 5) is 0. The highest BCUT2D eigenvalue weighted by molar-refractivity contribution is 9.10. The van der Waals surface area contributed by atoms with Gasteiger partial charge in [-0.25, -0.2) is 0 Å². The lowest BCUT2D eigenvalue weighted by Crippen LogP contribution is -2.12.